The molecule has 1 rings (SSSR count). The maximum absolute atomic E-state index is 10.8. The lowest BCUT2D eigenvalue weighted by Crippen LogP contribution is -2.37. The van der Waals surface area contributed by atoms with Gasteiger partial charge in [-0.15, -0.1) is 0 Å². The summed E-state index contributed by atoms with van der Waals surface area (Å²) in [6, 6.07) is 0. The highest BCUT2D eigenvalue weighted by molar-refractivity contribution is 5.73. The summed E-state index contributed by atoms with van der Waals surface area (Å²) in [5, 5.41) is 3.38. The van der Waals surface area contributed by atoms with E-state index in [1.54, 1.807) is 0 Å². The third-order valence-corrected chi connectivity index (χ3v) is 3.19. The van der Waals surface area contributed by atoms with Gasteiger partial charge in [0.25, 0.3) is 0 Å². The number of nitrogens with zero attached hydrogens (tertiary/aromatic N) is 1. The van der Waals surface area contributed by atoms with E-state index in [0.717, 1.165) is 45.1 Å². The highest BCUT2D eigenvalue weighted by Crippen LogP contribution is 2.13. The van der Waals surface area contributed by atoms with Gasteiger partial charge in [0.15, 0.2) is 0 Å². The number of amides is 1. The van der Waals surface area contributed by atoms with Crippen molar-refractivity contribution in [1.29, 1.82) is 0 Å². The molecule has 0 bridgehead atoms. The van der Waals surface area contributed by atoms with Crippen molar-refractivity contribution in [1.82, 2.24) is 10.2 Å². The molecule has 94 valence electrons. The zero-order chi connectivity index (χ0) is 11.8. The minimum atomic E-state index is -0.189. The fraction of sp³-hybridized carbons (Fsp3) is 0.917. The number of rotatable bonds is 7. The van der Waals surface area contributed by atoms with Crippen LogP contribution in [0.15, 0.2) is 0 Å². The first-order valence-corrected chi connectivity index (χ1v) is 6.43. The first kappa shape index (κ1) is 13.5. The predicted molar refractivity (Wildman–Crippen MR) is 66.1 cm³/mol. The Morgan fingerprint density at radius 1 is 1.38 bits per heavy atom. The Hall–Kier alpha value is -0.610. The topological polar surface area (TPSA) is 58.4 Å². The molecule has 1 aliphatic heterocycles. The molecule has 4 heteroatoms. The predicted octanol–water partition coefficient (Wildman–Crippen LogP) is 0.573. The Balaban J connectivity index is 2.27. The van der Waals surface area contributed by atoms with Crippen molar-refractivity contribution in [2.45, 2.75) is 32.6 Å². The maximum Gasteiger partial charge on any atom is 0.218 e. The number of carbonyl (C=O) groups excluding carboxylic acids is 1. The van der Waals surface area contributed by atoms with Crippen LogP contribution in [-0.2, 0) is 4.79 Å². The van der Waals surface area contributed by atoms with Gasteiger partial charge in [0.1, 0.15) is 0 Å². The van der Waals surface area contributed by atoms with Crippen molar-refractivity contribution >= 4 is 5.91 Å². The van der Waals surface area contributed by atoms with Crippen LogP contribution >= 0.6 is 0 Å². The number of piperidine rings is 1. The van der Waals surface area contributed by atoms with Gasteiger partial charge in [-0.1, -0.05) is 6.92 Å². The van der Waals surface area contributed by atoms with E-state index in [0.29, 0.717) is 6.42 Å². The number of primary amides is 1. The number of nitrogens with one attached hydrogen (secondary N) is 1. The lowest BCUT2D eigenvalue weighted by molar-refractivity contribution is -0.118. The molecular formula is C12H25N3O. The Morgan fingerprint density at radius 3 is 2.62 bits per heavy atom. The quantitative estimate of drug-likeness (QED) is 0.668. The number of hydrogen-bond donors (Lipinski definition) is 2. The zero-order valence-corrected chi connectivity index (χ0v) is 10.4. The summed E-state index contributed by atoms with van der Waals surface area (Å²) in [7, 11) is 0. The fourth-order valence-electron chi connectivity index (χ4n) is 2.31. The van der Waals surface area contributed by atoms with E-state index in [2.05, 4.69) is 17.1 Å². The van der Waals surface area contributed by atoms with Crippen molar-refractivity contribution < 1.29 is 4.79 Å². The van der Waals surface area contributed by atoms with Crippen LogP contribution in [0.1, 0.15) is 32.6 Å². The lowest BCUT2D eigenvalue weighted by atomic mass is 9.97. The molecule has 1 fully saturated rings. The van der Waals surface area contributed by atoms with E-state index in [1.165, 1.54) is 12.8 Å². The molecule has 0 radical (unpaired) electrons. The van der Waals surface area contributed by atoms with Crippen molar-refractivity contribution in [3.05, 3.63) is 0 Å². The summed E-state index contributed by atoms with van der Waals surface area (Å²) in [6.07, 6.45) is 4.16. The molecule has 0 spiro atoms. The van der Waals surface area contributed by atoms with Gasteiger partial charge >= 0.3 is 0 Å². The second-order valence-corrected chi connectivity index (χ2v) is 4.71. The zero-order valence-electron chi connectivity index (χ0n) is 10.4. The van der Waals surface area contributed by atoms with Gasteiger partial charge in [0.05, 0.1) is 0 Å². The van der Waals surface area contributed by atoms with E-state index >= 15 is 0 Å². The SMILES string of the molecule is CCCN(CCC(N)=O)CC1CCNCC1. The molecule has 0 saturated carbocycles. The minimum Gasteiger partial charge on any atom is -0.370 e. The van der Waals surface area contributed by atoms with Crippen LogP contribution in [0.5, 0.6) is 0 Å². The molecular weight excluding hydrogens is 202 g/mol. The van der Waals surface area contributed by atoms with E-state index in [9.17, 15) is 4.79 Å². The van der Waals surface area contributed by atoms with Crippen LogP contribution in [-0.4, -0.2) is 43.5 Å². The molecule has 0 aromatic heterocycles. The normalized spacial score (nSPS) is 17.9. The molecule has 16 heavy (non-hydrogen) atoms. The van der Waals surface area contributed by atoms with Gasteiger partial charge < -0.3 is 16.0 Å². The highest BCUT2D eigenvalue weighted by atomic mass is 16.1. The summed E-state index contributed by atoms with van der Waals surface area (Å²) in [5.74, 6) is 0.604. The summed E-state index contributed by atoms with van der Waals surface area (Å²) < 4.78 is 0. The summed E-state index contributed by atoms with van der Waals surface area (Å²) >= 11 is 0. The smallest absolute Gasteiger partial charge is 0.218 e. The Bertz CT molecular complexity index is 202. The van der Waals surface area contributed by atoms with Gasteiger partial charge in [-0.3, -0.25) is 4.79 Å². The van der Waals surface area contributed by atoms with Crippen molar-refractivity contribution in [2.75, 3.05) is 32.7 Å². The molecule has 0 atom stereocenters. The summed E-state index contributed by atoms with van der Waals surface area (Å²) in [6.45, 7) is 7.49. The molecule has 0 aromatic rings. The molecule has 4 nitrogen and oxygen atoms in total. The molecule has 0 unspecified atom stereocenters. The van der Waals surface area contributed by atoms with E-state index in [1.807, 2.05) is 0 Å². The van der Waals surface area contributed by atoms with Crippen molar-refractivity contribution in [3.8, 4) is 0 Å². The fourth-order valence-corrected chi connectivity index (χ4v) is 2.31. The summed E-state index contributed by atoms with van der Waals surface area (Å²) in [4.78, 5) is 13.2. The van der Waals surface area contributed by atoms with Crippen molar-refractivity contribution in [2.24, 2.45) is 11.7 Å². The Labute approximate surface area is 98.6 Å². The number of nitrogens with two attached hydrogens (primary N) is 1. The van der Waals surface area contributed by atoms with Gasteiger partial charge in [-0.25, -0.2) is 0 Å². The van der Waals surface area contributed by atoms with E-state index in [-0.39, 0.29) is 5.91 Å². The maximum atomic E-state index is 10.8. The number of carbonyl (C=O) groups is 1. The standard InChI is InChI=1S/C12H25N3O/c1-2-8-15(9-5-12(13)16)10-11-3-6-14-7-4-11/h11,14H,2-10H2,1H3,(H2,13,16). The average molecular weight is 227 g/mol. The average Bonchev–Trinajstić information content (AvgIpc) is 2.27. The molecule has 0 aliphatic carbocycles. The monoisotopic (exact) mass is 227 g/mol. The first-order chi connectivity index (χ1) is 7.72. The van der Waals surface area contributed by atoms with E-state index in [4.69, 9.17) is 5.73 Å². The molecule has 1 aliphatic rings. The lowest BCUT2D eigenvalue weighted by Gasteiger charge is -2.29. The van der Waals surface area contributed by atoms with Crippen molar-refractivity contribution in [3.63, 3.8) is 0 Å². The third kappa shape index (κ3) is 5.47. The Kier molecular flexibility index (Phi) is 6.42. The molecule has 1 heterocycles. The first-order valence-electron chi connectivity index (χ1n) is 6.43. The largest absolute Gasteiger partial charge is 0.370 e. The third-order valence-electron chi connectivity index (χ3n) is 3.19. The second-order valence-electron chi connectivity index (χ2n) is 4.71. The summed E-state index contributed by atoms with van der Waals surface area (Å²) in [5.41, 5.74) is 5.19. The molecule has 3 N–H and O–H groups in total. The van der Waals surface area contributed by atoms with Crippen LogP contribution in [0.25, 0.3) is 0 Å². The number of hydrogen-bond acceptors (Lipinski definition) is 3. The van der Waals surface area contributed by atoms with Gasteiger partial charge in [-0.2, -0.15) is 0 Å². The second kappa shape index (κ2) is 7.63. The van der Waals surface area contributed by atoms with Gasteiger partial charge in [0, 0.05) is 19.5 Å². The molecule has 0 aromatic carbocycles. The van der Waals surface area contributed by atoms with Gasteiger partial charge in [-0.05, 0) is 44.8 Å². The minimum absolute atomic E-state index is 0.189. The van der Waals surface area contributed by atoms with E-state index < -0.39 is 0 Å². The molecule has 1 saturated heterocycles. The van der Waals surface area contributed by atoms with Gasteiger partial charge in [0.2, 0.25) is 5.91 Å². The van der Waals surface area contributed by atoms with Crippen LogP contribution in [0.4, 0.5) is 0 Å². The van der Waals surface area contributed by atoms with Crippen LogP contribution in [0.3, 0.4) is 0 Å². The van der Waals surface area contributed by atoms with Crippen LogP contribution < -0.4 is 11.1 Å². The highest BCUT2D eigenvalue weighted by Gasteiger charge is 2.16. The molecule has 1 amide bonds. The van der Waals surface area contributed by atoms with Crippen LogP contribution in [0.2, 0.25) is 0 Å². The van der Waals surface area contributed by atoms with Crippen LogP contribution in [0, 0.1) is 5.92 Å². The Morgan fingerprint density at radius 2 is 2.06 bits per heavy atom.